The number of carbonyl (C=O) groups excluding carboxylic acids is 1. The number of aliphatic carboxylic acids is 1. The van der Waals surface area contributed by atoms with Gasteiger partial charge in [0.2, 0.25) is 5.91 Å². The predicted molar refractivity (Wildman–Crippen MR) is 76.0 cm³/mol. The van der Waals surface area contributed by atoms with Crippen molar-refractivity contribution >= 4 is 11.9 Å². The van der Waals surface area contributed by atoms with Gasteiger partial charge < -0.3 is 10.0 Å². The van der Waals surface area contributed by atoms with Crippen molar-refractivity contribution in [3.63, 3.8) is 0 Å². The molecule has 116 valence electrons. The van der Waals surface area contributed by atoms with Crippen LogP contribution in [-0.4, -0.2) is 59.0 Å². The van der Waals surface area contributed by atoms with Gasteiger partial charge in [-0.15, -0.1) is 0 Å². The van der Waals surface area contributed by atoms with Crippen molar-refractivity contribution in [3.05, 3.63) is 0 Å². The fourth-order valence-electron chi connectivity index (χ4n) is 1.80. The zero-order chi connectivity index (χ0) is 16.3. The number of carbonyl (C=O) groups is 2. The molecule has 0 aromatic heterocycles. The lowest BCUT2D eigenvalue weighted by Gasteiger charge is -2.29. The Hall–Kier alpha value is -2.12. The molecule has 7 nitrogen and oxygen atoms in total. The molecule has 0 saturated carbocycles. The lowest BCUT2D eigenvalue weighted by molar-refractivity contribution is -0.140. The highest BCUT2D eigenvalue weighted by molar-refractivity contribution is 5.79. The second-order valence-corrected chi connectivity index (χ2v) is 4.75. The molecular weight excluding hydrogens is 272 g/mol. The number of rotatable bonds is 10. The van der Waals surface area contributed by atoms with E-state index in [2.05, 4.69) is 0 Å². The van der Waals surface area contributed by atoms with Crippen LogP contribution >= 0.6 is 0 Å². The summed E-state index contributed by atoms with van der Waals surface area (Å²) < 4.78 is 0. The van der Waals surface area contributed by atoms with Crippen LogP contribution in [0.25, 0.3) is 0 Å². The van der Waals surface area contributed by atoms with Crippen LogP contribution in [-0.2, 0) is 9.59 Å². The van der Waals surface area contributed by atoms with Crippen LogP contribution in [0.15, 0.2) is 0 Å². The summed E-state index contributed by atoms with van der Waals surface area (Å²) in [5.41, 5.74) is 0. The van der Waals surface area contributed by atoms with Gasteiger partial charge in [-0.1, -0.05) is 6.92 Å². The smallest absolute Gasteiger partial charge is 0.317 e. The van der Waals surface area contributed by atoms with E-state index in [1.54, 1.807) is 4.90 Å². The van der Waals surface area contributed by atoms with Crippen molar-refractivity contribution in [2.24, 2.45) is 0 Å². The molecule has 0 bridgehead atoms. The molecule has 7 heteroatoms. The molecule has 0 aliphatic carbocycles. The first-order chi connectivity index (χ1) is 9.96. The summed E-state index contributed by atoms with van der Waals surface area (Å²) >= 11 is 0. The molecule has 1 amide bonds. The molecule has 1 N–H and O–H groups in total. The van der Waals surface area contributed by atoms with Crippen LogP contribution in [0.4, 0.5) is 0 Å². The summed E-state index contributed by atoms with van der Waals surface area (Å²) in [5.74, 6) is -1.23. The summed E-state index contributed by atoms with van der Waals surface area (Å²) in [7, 11) is 0. The molecule has 0 saturated heterocycles. The van der Waals surface area contributed by atoms with Crippen molar-refractivity contribution in [1.29, 1.82) is 10.5 Å². The monoisotopic (exact) mass is 294 g/mol. The molecular formula is C14H22N4O3. The van der Waals surface area contributed by atoms with Crippen molar-refractivity contribution in [1.82, 2.24) is 9.80 Å². The second kappa shape index (κ2) is 10.6. The molecule has 0 radical (unpaired) electrons. The summed E-state index contributed by atoms with van der Waals surface area (Å²) in [6.45, 7) is 4.10. The highest BCUT2D eigenvalue weighted by atomic mass is 16.4. The number of nitriles is 2. The number of amides is 1. The van der Waals surface area contributed by atoms with Crippen LogP contribution in [0, 0.1) is 22.7 Å². The van der Waals surface area contributed by atoms with Gasteiger partial charge >= 0.3 is 5.97 Å². The van der Waals surface area contributed by atoms with Gasteiger partial charge in [-0.3, -0.25) is 14.5 Å². The minimum atomic E-state index is -0.983. The van der Waals surface area contributed by atoms with E-state index in [1.807, 2.05) is 26.0 Å². The van der Waals surface area contributed by atoms with Crippen LogP contribution in [0.5, 0.6) is 0 Å². The van der Waals surface area contributed by atoms with Gasteiger partial charge in [0.15, 0.2) is 0 Å². The minimum Gasteiger partial charge on any atom is -0.480 e. The fourth-order valence-corrected chi connectivity index (χ4v) is 1.80. The van der Waals surface area contributed by atoms with Crippen LogP contribution in [0.1, 0.15) is 33.1 Å². The van der Waals surface area contributed by atoms with E-state index >= 15 is 0 Å². The summed E-state index contributed by atoms with van der Waals surface area (Å²) in [6.07, 6.45) is 1.12. The lowest BCUT2D eigenvalue weighted by Crippen LogP contribution is -2.46. The predicted octanol–water partition coefficient (Wildman–Crippen LogP) is 0.827. The number of carboxylic acid groups (broad SMARTS) is 1. The van der Waals surface area contributed by atoms with Crippen molar-refractivity contribution < 1.29 is 14.7 Å². The molecule has 1 atom stereocenters. The Balaban J connectivity index is 4.76. The maximum Gasteiger partial charge on any atom is 0.317 e. The van der Waals surface area contributed by atoms with Gasteiger partial charge in [0, 0.05) is 19.1 Å². The van der Waals surface area contributed by atoms with Gasteiger partial charge in [0.05, 0.1) is 38.1 Å². The topological polar surface area (TPSA) is 108 Å². The number of hydrogen-bond acceptors (Lipinski definition) is 5. The summed E-state index contributed by atoms with van der Waals surface area (Å²) in [6, 6.07) is 3.90. The van der Waals surface area contributed by atoms with Gasteiger partial charge in [-0.05, 0) is 13.3 Å². The SMILES string of the molecule is CCC(C)N(CC(=O)O)CC(=O)N(CCC#N)CCC#N. The second-order valence-electron chi connectivity index (χ2n) is 4.75. The van der Waals surface area contributed by atoms with E-state index in [9.17, 15) is 9.59 Å². The molecule has 1 unspecified atom stereocenters. The zero-order valence-corrected chi connectivity index (χ0v) is 12.6. The quantitative estimate of drug-likeness (QED) is 0.639. The average Bonchev–Trinajstić information content (AvgIpc) is 2.45. The molecule has 0 aliphatic rings. The highest BCUT2D eigenvalue weighted by Gasteiger charge is 2.22. The Kier molecular flexibility index (Phi) is 9.57. The fraction of sp³-hybridized carbons (Fsp3) is 0.714. The first-order valence-electron chi connectivity index (χ1n) is 6.93. The Labute approximate surface area is 125 Å². The number of nitrogens with zero attached hydrogens (tertiary/aromatic N) is 4. The lowest BCUT2D eigenvalue weighted by atomic mass is 10.2. The van der Waals surface area contributed by atoms with Crippen LogP contribution in [0.3, 0.4) is 0 Å². The van der Waals surface area contributed by atoms with Gasteiger partial charge in [-0.25, -0.2) is 0 Å². The normalized spacial score (nSPS) is 11.5. The third-order valence-electron chi connectivity index (χ3n) is 3.23. The molecule has 0 aliphatic heterocycles. The van der Waals surface area contributed by atoms with Gasteiger partial charge in [-0.2, -0.15) is 10.5 Å². The number of hydrogen-bond donors (Lipinski definition) is 1. The van der Waals surface area contributed by atoms with Crippen LogP contribution in [0.2, 0.25) is 0 Å². The maximum atomic E-state index is 12.2. The standard InChI is InChI=1S/C14H22N4O3/c1-3-12(2)18(11-14(20)21)10-13(19)17(8-4-6-15)9-5-7-16/h12H,3-5,8-11H2,1-2H3,(H,20,21). The zero-order valence-electron chi connectivity index (χ0n) is 12.6. The summed E-state index contributed by atoms with van der Waals surface area (Å²) in [4.78, 5) is 26.2. The van der Waals surface area contributed by atoms with Crippen molar-refractivity contribution in [2.75, 3.05) is 26.2 Å². The van der Waals surface area contributed by atoms with E-state index in [4.69, 9.17) is 15.6 Å². The molecule has 0 spiro atoms. The molecule has 0 heterocycles. The van der Waals surface area contributed by atoms with E-state index < -0.39 is 5.97 Å². The molecule has 21 heavy (non-hydrogen) atoms. The third-order valence-corrected chi connectivity index (χ3v) is 3.23. The van der Waals surface area contributed by atoms with E-state index in [0.29, 0.717) is 0 Å². The van der Waals surface area contributed by atoms with Crippen molar-refractivity contribution in [2.45, 2.75) is 39.2 Å². The third kappa shape index (κ3) is 7.91. The minimum absolute atomic E-state index is 0.0157. The van der Waals surface area contributed by atoms with E-state index in [1.165, 1.54) is 4.90 Å². The number of carboxylic acids is 1. The Morgan fingerprint density at radius 1 is 1.14 bits per heavy atom. The largest absolute Gasteiger partial charge is 0.480 e. The molecule has 0 fully saturated rings. The molecule has 0 rings (SSSR count). The van der Waals surface area contributed by atoms with Crippen LogP contribution < -0.4 is 0 Å². The molecule has 0 aromatic carbocycles. The van der Waals surface area contributed by atoms with E-state index in [0.717, 1.165) is 6.42 Å². The highest BCUT2D eigenvalue weighted by Crippen LogP contribution is 2.05. The van der Waals surface area contributed by atoms with E-state index in [-0.39, 0.29) is 51.0 Å². The Morgan fingerprint density at radius 3 is 2.05 bits per heavy atom. The van der Waals surface area contributed by atoms with Gasteiger partial charge in [0.1, 0.15) is 0 Å². The Bertz CT molecular complexity index is 407. The average molecular weight is 294 g/mol. The first kappa shape index (κ1) is 18.9. The maximum absolute atomic E-state index is 12.2. The van der Waals surface area contributed by atoms with Gasteiger partial charge in [0.25, 0.3) is 0 Å². The van der Waals surface area contributed by atoms with Crippen molar-refractivity contribution in [3.8, 4) is 12.1 Å². The summed E-state index contributed by atoms with van der Waals surface area (Å²) in [5, 5.41) is 26.1. The Morgan fingerprint density at radius 2 is 1.67 bits per heavy atom. The first-order valence-corrected chi connectivity index (χ1v) is 6.93. The molecule has 0 aromatic rings.